The van der Waals surface area contributed by atoms with Crippen molar-refractivity contribution < 1.29 is 36.2 Å². The Bertz CT molecular complexity index is 1400. The van der Waals surface area contributed by atoms with E-state index in [4.69, 9.17) is 4.74 Å². The minimum Gasteiger partial charge on any atom is -0.489 e. The molecule has 0 radical (unpaired) electrons. The Morgan fingerprint density at radius 1 is 1.12 bits per heavy atom. The summed E-state index contributed by atoms with van der Waals surface area (Å²) in [6.07, 6.45) is -1.79. The number of ether oxygens (including phenoxy) is 1. The Labute approximate surface area is 230 Å². The van der Waals surface area contributed by atoms with Crippen molar-refractivity contribution in [2.24, 2.45) is 0 Å². The van der Waals surface area contributed by atoms with Crippen LogP contribution in [0, 0.1) is 0 Å². The number of anilines is 1. The van der Waals surface area contributed by atoms with E-state index in [0.29, 0.717) is 23.6 Å². The molecule has 0 saturated carbocycles. The molecule has 1 fully saturated rings. The molecule has 2 heterocycles. The van der Waals surface area contributed by atoms with Gasteiger partial charge in [-0.2, -0.15) is 13.2 Å². The fourth-order valence-electron chi connectivity index (χ4n) is 4.41. The molecule has 12 heteroatoms. The average molecular weight is 578 g/mol. The maximum absolute atomic E-state index is 12.8. The van der Waals surface area contributed by atoms with Crippen molar-refractivity contribution in [3.63, 3.8) is 0 Å². The summed E-state index contributed by atoms with van der Waals surface area (Å²) in [6.45, 7) is 2.41. The summed E-state index contributed by atoms with van der Waals surface area (Å²) >= 11 is 0. The number of amides is 1. The van der Waals surface area contributed by atoms with Crippen molar-refractivity contribution in [3.05, 3.63) is 83.7 Å². The maximum Gasteiger partial charge on any atom is 0.416 e. The van der Waals surface area contributed by atoms with Crippen LogP contribution in [0.3, 0.4) is 0 Å². The minimum atomic E-state index is -4.40. The van der Waals surface area contributed by atoms with Gasteiger partial charge in [-0.1, -0.05) is 6.92 Å². The third kappa shape index (κ3) is 7.11. The van der Waals surface area contributed by atoms with Gasteiger partial charge >= 0.3 is 6.18 Å². The number of aliphatic hydroxyl groups is 1. The number of alkyl halides is 3. The van der Waals surface area contributed by atoms with Gasteiger partial charge in [0, 0.05) is 24.0 Å². The quantitative estimate of drug-likeness (QED) is 0.388. The second kappa shape index (κ2) is 12.3. The van der Waals surface area contributed by atoms with E-state index >= 15 is 0 Å². The first-order valence-corrected chi connectivity index (χ1v) is 14.4. The van der Waals surface area contributed by atoms with E-state index in [2.05, 4.69) is 15.2 Å². The average Bonchev–Trinajstić information content (AvgIpc) is 2.96. The van der Waals surface area contributed by atoms with Gasteiger partial charge in [0.1, 0.15) is 11.9 Å². The topological polar surface area (TPSA) is 109 Å². The van der Waals surface area contributed by atoms with E-state index in [1.807, 2.05) is 0 Å². The molecule has 40 heavy (non-hydrogen) atoms. The lowest BCUT2D eigenvalue weighted by Crippen LogP contribution is -2.41. The largest absolute Gasteiger partial charge is 0.489 e. The van der Waals surface area contributed by atoms with Crippen LogP contribution in [-0.4, -0.2) is 56.0 Å². The first-order chi connectivity index (χ1) is 19.0. The Hall–Kier alpha value is -3.64. The van der Waals surface area contributed by atoms with Crippen molar-refractivity contribution in [1.29, 1.82) is 0 Å². The van der Waals surface area contributed by atoms with Crippen molar-refractivity contribution in [2.75, 3.05) is 30.3 Å². The molecule has 0 bridgehead atoms. The fraction of sp³-hybridized carbons (Fsp3) is 0.357. The van der Waals surface area contributed by atoms with Crippen molar-refractivity contribution in [2.45, 2.75) is 43.0 Å². The van der Waals surface area contributed by atoms with E-state index < -0.39 is 40.1 Å². The molecule has 8 nitrogen and oxygen atoms in total. The molecule has 0 aliphatic carbocycles. The number of sulfone groups is 1. The van der Waals surface area contributed by atoms with E-state index in [1.54, 1.807) is 24.3 Å². The van der Waals surface area contributed by atoms with Gasteiger partial charge in [-0.3, -0.25) is 9.78 Å². The Kier molecular flexibility index (Phi) is 8.99. The van der Waals surface area contributed by atoms with Crippen LogP contribution >= 0.6 is 0 Å². The van der Waals surface area contributed by atoms with Crippen molar-refractivity contribution in [3.8, 4) is 5.75 Å². The highest BCUT2D eigenvalue weighted by molar-refractivity contribution is 7.91. The van der Waals surface area contributed by atoms with Crippen LogP contribution in [0.15, 0.2) is 71.8 Å². The third-order valence-electron chi connectivity index (χ3n) is 6.70. The van der Waals surface area contributed by atoms with E-state index in [0.717, 1.165) is 37.2 Å². The molecular weight excluding hydrogens is 547 g/mol. The highest BCUT2D eigenvalue weighted by Crippen LogP contribution is 2.31. The molecule has 4 rings (SSSR count). The van der Waals surface area contributed by atoms with Crippen LogP contribution in [0.4, 0.5) is 18.9 Å². The van der Waals surface area contributed by atoms with Crippen molar-refractivity contribution in [1.82, 2.24) is 10.3 Å². The van der Waals surface area contributed by atoms with Gasteiger partial charge in [0.05, 0.1) is 41.1 Å². The number of benzene rings is 2. The number of halogens is 3. The van der Waals surface area contributed by atoms with Gasteiger partial charge in [0.15, 0.2) is 9.84 Å². The zero-order chi connectivity index (χ0) is 28.9. The van der Waals surface area contributed by atoms with Crippen LogP contribution in [0.25, 0.3) is 0 Å². The summed E-state index contributed by atoms with van der Waals surface area (Å²) in [7, 11) is -3.41. The predicted molar refractivity (Wildman–Crippen MR) is 143 cm³/mol. The lowest BCUT2D eigenvalue weighted by Gasteiger charge is -2.34. The number of carbonyl (C=O) groups excluding carboxylic acids is 1. The molecule has 2 N–H and O–H groups in total. The molecule has 1 amide bonds. The summed E-state index contributed by atoms with van der Waals surface area (Å²) in [5.74, 6) is -0.115. The van der Waals surface area contributed by atoms with Crippen molar-refractivity contribution >= 4 is 21.4 Å². The fourth-order valence-corrected chi connectivity index (χ4v) is 5.23. The smallest absolute Gasteiger partial charge is 0.416 e. The molecule has 1 aliphatic rings. The number of carbonyl (C=O) groups is 1. The highest BCUT2D eigenvalue weighted by Gasteiger charge is 2.30. The second-order valence-electron chi connectivity index (χ2n) is 9.43. The van der Waals surface area contributed by atoms with Crippen LogP contribution < -0.4 is 15.0 Å². The third-order valence-corrected chi connectivity index (χ3v) is 8.42. The van der Waals surface area contributed by atoms with Crippen LogP contribution in [0.5, 0.6) is 5.75 Å². The van der Waals surface area contributed by atoms with Gasteiger partial charge in [-0.15, -0.1) is 0 Å². The van der Waals surface area contributed by atoms with Gasteiger partial charge in [0.2, 0.25) is 0 Å². The molecule has 1 aliphatic heterocycles. The number of piperidine rings is 1. The number of aliphatic hydroxyl groups excluding tert-OH is 1. The molecule has 0 spiro atoms. The number of hydrogen-bond acceptors (Lipinski definition) is 7. The Balaban J connectivity index is 1.36. The molecule has 214 valence electrons. The number of pyridine rings is 1. The SMILES string of the molecule is CCS(=O)(=O)c1ccc([C@H](CO)NC(=O)c2ccc(N3CCCC(Oc4ccc(C(F)(F)F)cc4)C3)cc2)nc1. The van der Waals surface area contributed by atoms with E-state index in [9.17, 15) is 31.5 Å². The van der Waals surface area contributed by atoms with Gasteiger partial charge in [-0.25, -0.2) is 8.42 Å². The van der Waals surface area contributed by atoms with Gasteiger partial charge in [-0.05, 0) is 73.5 Å². The first kappa shape index (κ1) is 29.3. The molecule has 1 unspecified atom stereocenters. The molecule has 2 atom stereocenters. The van der Waals surface area contributed by atoms with Gasteiger partial charge in [0.25, 0.3) is 5.91 Å². The lowest BCUT2D eigenvalue weighted by molar-refractivity contribution is -0.137. The van der Waals surface area contributed by atoms with Gasteiger partial charge < -0.3 is 20.1 Å². The molecule has 1 aromatic heterocycles. The maximum atomic E-state index is 12.8. The highest BCUT2D eigenvalue weighted by atomic mass is 32.2. The second-order valence-corrected chi connectivity index (χ2v) is 11.7. The number of rotatable bonds is 9. The van der Waals surface area contributed by atoms with Crippen LogP contribution in [0.2, 0.25) is 0 Å². The number of nitrogens with one attached hydrogen (secondary N) is 1. The normalized spacial score (nSPS) is 16.8. The first-order valence-electron chi connectivity index (χ1n) is 12.8. The molecule has 1 saturated heterocycles. The number of aromatic nitrogens is 1. The minimum absolute atomic E-state index is 0.0611. The number of hydrogen-bond donors (Lipinski definition) is 2. The van der Waals surface area contributed by atoms with Crippen LogP contribution in [-0.2, 0) is 16.0 Å². The summed E-state index contributed by atoms with van der Waals surface area (Å²) in [4.78, 5) is 19.1. The Morgan fingerprint density at radius 2 is 1.82 bits per heavy atom. The summed E-state index contributed by atoms with van der Waals surface area (Å²) in [6, 6.07) is 13.6. The standard InChI is InChI=1S/C28H30F3N3O5S/c1-2-40(37,38)24-13-14-25(32-16-24)26(18-35)33-27(36)19-5-9-21(10-6-19)34-15-3-4-23(17-34)39-22-11-7-20(8-12-22)28(29,30)31/h5-14,16,23,26,35H,2-4,15,17-18H2,1H3,(H,33,36)/t23?,26-/m0/s1. The van der Waals surface area contributed by atoms with E-state index in [-0.39, 0.29) is 16.8 Å². The Morgan fingerprint density at radius 3 is 2.40 bits per heavy atom. The van der Waals surface area contributed by atoms with E-state index in [1.165, 1.54) is 37.4 Å². The zero-order valence-electron chi connectivity index (χ0n) is 21.8. The van der Waals surface area contributed by atoms with Crippen LogP contribution in [0.1, 0.15) is 47.4 Å². The number of nitrogens with zero attached hydrogens (tertiary/aromatic N) is 2. The molecular formula is C28H30F3N3O5S. The monoisotopic (exact) mass is 577 g/mol. The summed E-state index contributed by atoms with van der Waals surface area (Å²) < 4.78 is 68.3. The lowest BCUT2D eigenvalue weighted by atomic mass is 10.1. The summed E-state index contributed by atoms with van der Waals surface area (Å²) in [5.41, 5.74) is 0.832. The zero-order valence-corrected chi connectivity index (χ0v) is 22.6. The molecule has 3 aromatic rings. The predicted octanol–water partition coefficient (Wildman–Crippen LogP) is 4.41. The molecule has 2 aromatic carbocycles. The summed E-state index contributed by atoms with van der Waals surface area (Å²) in [5, 5.41) is 12.5.